The number of nitrogens with zero attached hydrogens (tertiary/aromatic N) is 4. The SMILES string of the molecule is O=C(NC1CCN(C(=O)C2CCCC2)CC1)c1cnc2c(c1)ncn2C1CC1. The van der Waals surface area contributed by atoms with Gasteiger partial charge in [0.05, 0.1) is 11.9 Å². The van der Waals surface area contributed by atoms with E-state index >= 15 is 0 Å². The molecule has 0 aromatic carbocycles. The molecule has 3 heterocycles. The molecule has 2 amide bonds. The van der Waals surface area contributed by atoms with Crippen LogP contribution in [0.25, 0.3) is 11.2 Å². The van der Waals surface area contributed by atoms with Crippen molar-refractivity contribution in [3.05, 3.63) is 24.2 Å². The molecular weight excluding hydrogens is 354 g/mol. The summed E-state index contributed by atoms with van der Waals surface area (Å²) in [6, 6.07) is 2.46. The number of fused-ring (bicyclic) bond motifs is 1. The zero-order chi connectivity index (χ0) is 19.1. The van der Waals surface area contributed by atoms with Crippen LogP contribution in [0.3, 0.4) is 0 Å². The average molecular weight is 381 g/mol. The summed E-state index contributed by atoms with van der Waals surface area (Å²) in [6.45, 7) is 1.48. The van der Waals surface area contributed by atoms with E-state index in [-0.39, 0.29) is 17.9 Å². The van der Waals surface area contributed by atoms with Crippen molar-refractivity contribution in [2.24, 2.45) is 5.92 Å². The molecule has 5 rings (SSSR count). The van der Waals surface area contributed by atoms with Crippen LogP contribution >= 0.6 is 0 Å². The van der Waals surface area contributed by atoms with Gasteiger partial charge in [-0.25, -0.2) is 9.97 Å². The topological polar surface area (TPSA) is 80.1 Å². The van der Waals surface area contributed by atoms with Gasteiger partial charge < -0.3 is 14.8 Å². The predicted molar refractivity (Wildman–Crippen MR) is 105 cm³/mol. The minimum atomic E-state index is -0.101. The molecule has 1 saturated heterocycles. The highest BCUT2D eigenvalue weighted by molar-refractivity contribution is 5.96. The standard InChI is InChI=1S/C21H27N5O2/c27-20(15-11-18-19(22-12-15)26(13-23-18)17-5-6-17)24-16-7-9-25(10-8-16)21(28)14-3-1-2-4-14/h11-14,16-17H,1-10H2,(H,24,27). The number of carbonyl (C=O) groups is 2. The quantitative estimate of drug-likeness (QED) is 0.883. The Morgan fingerprint density at radius 3 is 2.46 bits per heavy atom. The number of aromatic nitrogens is 3. The van der Waals surface area contributed by atoms with Crippen LogP contribution in [0.5, 0.6) is 0 Å². The zero-order valence-corrected chi connectivity index (χ0v) is 16.1. The number of rotatable bonds is 4. The summed E-state index contributed by atoms with van der Waals surface area (Å²) in [5, 5.41) is 3.12. The van der Waals surface area contributed by atoms with Crippen molar-refractivity contribution in [2.45, 2.75) is 63.5 Å². The van der Waals surface area contributed by atoms with E-state index in [1.165, 1.54) is 25.7 Å². The first-order chi connectivity index (χ1) is 13.7. The van der Waals surface area contributed by atoms with Crippen LogP contribution in [0.2, 0.25) is 0 Å². The van der Waals surface area contributed by atoms with Gasteiger partial charge in [-0.2, -0.15) is 0 Å². The van der Waals surface area contributed by atoms with Gasteiger partial charge >= 0.3 is 0 Å². The molecule has 0 radical (unpaired) electrons. The van der Waals surface area contributed by atoms with Crippen LogP contribution in [0, 0.1) is 5.92 Å². The lowest BCUT2D eigenvalue weighted by Crippen LogP contribution is -2.47. The predicted octanol–water partition coefficient (Wildman–Crippen LogP) is 2.68. The minimum absolute atomic E-state index is 0.101. The first kappa shape index (κ1) is 17.6. The molecule has 0 unspecified atom stereocenters. The first-order valence-corrected chi connectivity index (χ1v) is 10.6. The van der Waals surface area contributed by atoms with Crippen LogP contribution in [-0.4, -0.2) is 50.4 Å². The molecular formula is C21H27N5O2. The largest absolute Gasteiger partial charge is 0.349 e. The normalized spacial score (nSPS) is 21.4. The summed E-state index contributed by atoms with van der Waals surface area (Å²) in [5.41, 5.74) is 2.19. The number of pyridine rings is 1. The second-order valence-electron chi connectivity index (χ2n) is 8.50. The molecule has 3 aliphatic rings. The van der Waals surface area contributed by atoms with Crippen molar-refractivity contribution >= 4 is 23.0 Å². The third kappa shape index (κ3) is 3.38. The number of nitrogens with one attached hydrogen (secondary N) is 1. The van der Waals surface area contributed by atoms with E-state index in [9.17, 15) is 9.59 Å². The highest BCUT2D eigenvalue weighted by Gasteiger charge is 2.30. The molecule has 2 saturated carbocycles. The van der Waals surface area contributed by atoms with Gasteiger partial charge in [0, 0.05) is 37.3 Å². The summed E-state index contributed by atoms with van der Waals surface area (Å²) >= 11 is 0. The average Bonchev–Trinajstić information content (AvgIpc) is 3.25. The lowest BCUT2D eigenvalue weighted by atomic mass is 10.0. The summed E-state index contributed by atoms with van der Waals surface area (Å²) in [5.74, 6) is 0.457. The molecule has 0 spiro atoms. The summed E-state index contributed by atoms with van der Waals surface area (Å²) < 4.78 is 2.11. The molecule has 148 valence electrons. The lowest BCUT2D eigenvalue weighted by molar-refractivity contribution is -0.136. The number of hydrogen-bond donors (Lipinski definition) is 1. The van der Waals surface area contributed by atoms with Crippen LogP contribution < -0.4 is 5.32 Å². The van der Waals surface area contributed by atoms with E-state index in [1.54, 1.807) is 6.20 Å². The maximum atomic E-state index is 12.7. The molecule has 7 heteroatoms. The Hall–Kier alpha value is -2.44. The molecule has 2 aromatic heterocycles. The highest BCUT2D eigenvalue weighted by Crippen LogP contribution is 2.36. The Kier molecular flexibility index (Phi) is 4.53. The van der Waals surface area contributed by atoms with E-state index in [0.29, 0.717) is 17.5 Å². The summed E-state index contributed by atoms with van der Waals surface area (Å²) in [4.78, 5) is 36.1. The molecule has 7 nitrogen and oxygen atoms in total. The maximum absolute atomic E-state index is 12.7. The van der Waals surface area contributed by atoms with Crippen LogP contribution in [-0.2, 0) is 4.79 Å². The fourth-order valence-corrected chi connectivity index (χ4v) is 4.61. The summed E-state index contributed by atoms with van der Waals surface area (Å²) in [7, 11) is 0. The Morgan fingerprint density at radius 2 is 1.75 bits per heavy atom. The number of hydrogen-bond acceptors (Lipinski definition) is 4. The monoisotopic (exact) mass is 381 g/mol. The molecule has 3 fully saturated rings. The lowest BCUT2D eigenvalue weighted by Gasteiger charge is -2.34. The van der Waals surface area contributed by atoms with E-state index in [1.807, 2.05) is 17.3 Å². The molecule has 1 aliphatic heterocycles. The fraction of sp³-hybridized carbons (Fsp3) is 0.619. The maximum Gasteiger partial charge on any atom is 0.253 e. The van der Waals surface area contributed by atoms with Crippen molar-refractivity contribution in [1.82, 2.24) is 24.8 Å². The van der Waals surface area contributed by atoms with Gasteiger partial charge in [0.1, 0.15) is 5.52 Å². The zero-order valence-electron chi connectivity index (χ0n) is 16.1. The van der Waals surface area contributed by atoms with E-state index < -0.39 is 0 Å². The fourth-order valence-electron chi connectivity index (χ4n) is 4.61. The smallest absolute Gasteiger partial charge is 0.253 e. The van der Waals surface area contributed by atoms with Crippen molar-refractivity contribution in [3.8, 4) is 0 Å². The number of piperidine rings is 1. The van der Waals surface area contributed by atoms with E-state index in [0.717, 1.165) is 49.9 Å². The van der Waals surface area contributed by atoms with Crippen molar-refractivity contribution in [1.29, 1.82) is 0 Å². The second kappa shape index (κ2) is 7.18. The van der Waals surface area contributed by atoms with Gasteiger partial charge in [-0.1, -0.05) is 12.8 Å². The third-order valence-corrected chi connectivity index (χ3v) is 6.46. The van der Waals surface area contributed by atoms with Gasteiger partial charge in [0.25, 0.3) is 5.91 Å². The number of carbonyl (C=O) groups excluding carboxylic acids is 2. The van der Waals surface area contributed by atoms with Gasteiger partial charge in [-0.3, -0.25) is 9.59 Å². The van der Waals surface area contributed by atoms with Crippen LogP contribution in [0.1, 0.15) is 67.8 Å². The molecule has 2 aromatic rings. The molecule has 1 N–H and O–H groups in total. The van der Waals surface area contributed by atoms with Gasteiger partial charge in [-0.15, -0.1) is 0 Å². The Morgan fingerprint density at radius 1 is 1.00 bits per heavy atom. The molecule has 2 aliphatic carbocycles. The molecule has 0 bridgehead atoms. The van der Waals surface area contributed by atoms with Gasteiger partial charge in [-0.05, 0) is 44.6 Å². The number of likely N-dealkylation sites (tertiary alicyclic amines) is 1. The number of imidazole rings is 1. The minimum Gasteiger partial charge on any atom is -0.349 e. The molecule has 0 atom stereocenters. The Labute approximate surface area is 164 Å². The second-order valence-corrected chi connectivity index (χ2v) is 8.50. The Balaban J connectivity index is 1.18. The molecule has 28 heavy (non-hydrogen) atoms. The van der Waals surface area contributed by atoms with Crippen LogP contribution in [0.15, 0.2) is 18.6 Å². The van der Waals surface area contributed by atoms with Crippen molar-refractivity contribution < 1.29 is 9.59 Å². The van der Waals surface area contributed by atoms with Crippen molar-refractivity contribution in [3.63, 3.8) is 0 Å². The third-order valence-electron chi connectivity index (χ3n) is 6.46. The van der Waals surface area contributed by atoms with Crippen LogP contribution in [0.4, 0.5) is 0 Å². The highest BCUT2D eigenvalue weighted by atomic mass is 16.2. The van der Waals surface area contributed by atoms with Crippen molar-refractivity contribution in [2.75, 3.05) is 13.1 Å². The van der Waals surface area contributed by atoms with Gasteiger partial charge in [0.15, 0.2) is 5.65 Å². The van der Waals surface area contributed by atoms with Gasteiger partial charge in [0.2, 0.25) is 5.91 Å². The van der Waals surface area contributed by atoms with E-state index in [2.05, 4.69) is 19.9 Å². The summed E-state index contributed by atoms with van der Waals surface area (Å²) in [6.07, 6.45) is 11.9. The first-order valence-electron chi connectivity index (χ1n) is 10.6. The number of amides is 2. The van der Waals surface area contributed by atoms with E-state index in [4.69, 9.17) is 0 Å². The Bertz CT molecular complexity index is 889.